The quantitative estimate of drug-likeness (QED) is 0.726. The van der Waals surface area contributed by atoms with Gasteiger partial charge >= 0.3 is 0 Å². The number of nitrogens with zero attached hydrogens (tertiary/aromatic N) is 3. The third kappa shape index (κ3) is 1.88. The van der Waals surface area contributed by atoms with Crippen LogP contribution in [0.1, 0.15) is 25.5 Å². The second-order valence-electron chi connectivity index (χ2n) is 5.12. The second kappa shape index (κ2) is 4.02. The second-order valence-corrected chi connectivity index (χ2v) is 5.12. The molecule has 17 heavy (non-hydrogen) atoms. The van der Waals surface area contributed by atoms with Crippen molar-refractivity contribution in [3.63, 3.8) is 0 Å². The van der Waals surface area contributed by atoms with Gasteiger partial charge in [-0.05, 0) is 25.8 Å². The molecule has 1 unspecified atom stereocenters. The number of Topliss-reactive ketones (excluding diaryl/α,β-unsaturated/α-hetero) is 1. The minimum absolute atomic E-state index is 0.231. The van der Waals surface area contributed by atoms with Crippen LogP contribution in [0.2, 0.25) is 0 Å². The zero-order valence-electron chi connectivity index (χ0n) is 10.9. The number of carbonyl (C=O) groups excluding carboxylic acids is 1. The molecule has 1 aliphatic rings. The van der Waals surface area contributed by atoms with Gasteiger partial charge in [-0.2, -0.15) is 5.10 Å². The first-order chi connectivity index (χ1) is 7.95. The first-order valence-corrected chi connectivity index (χ1v) is 5.85. The van der Waals surface area contributed by atoms with E-state index in [1.165, 1.54) is 0 Å². The molecular formula is C13H19N3O. The Morgan fingerprint density at radius 3 is 2.76 bits per heavy atom. The fourth-order valence-electron chi connectivity index (χ4n) is 2.56. The number of hydrogen-bond donors (Lipinski definition) is 0. The Bertz CT molecular complexity index is 473. The maximum atomic E-state index is 12.5. The molecule has 1 heterocycles. The molecule has 0 spiro atoms. The predicted molar refractivity (Wildman–Crippen MR) is 66.6 cm³/mol. The molecule has 0 bridgehead atoms. The van der Waals surface area contributed by atoms with E-state index >= 15 is 0 Å². The molecule has 1 aromatic rings. The van der Waals surface area contributed by atoms with Gasteiger partial charge < -0.3 is 4.90 Å². The first-order valence-electron chi connectivity index (χ1n) is 5.85. The molecule has 92 valence electrons. The summed E-state index contributed by atoms with van der Waals surface area (Å²) in [4.78, 5) is 14.4. The maximum Gasteiger partial charge on any atom is 0.172 e. The van der Waals surface area contributed by atoms with E-state index in [1.54, 1.807) is 10.9 Å². The van der Waals surface area contributed by atoms with Crippen LogP contribution in [0.5, 0.6) is 0 Å². The van der Waals surface area contributed by atoms with Crippen molar-refractivity contribution < 1.29 is 4.79 Å². The van der Waals surface area contributed by atoms with Crippen LogP contribution in [0.25, 0.3) is 0 Å². The Morgan fingerprint density at radius 1 is 1.53 bits per heavy atom. The molecule has 1 aromatic heterocycles. The largest absolute Gasteiger partial charge is 0.383 e. The van der Waals surface area contributed by atoms with Gasteiger partial charge in [-0.25, -0.2) is 0 Å². The molecule has 0 N–H and O–H groups in total. The molecule has 1 fully saturated rings. The van der Waals surface area contributed by atoms with Crippen molar-refractivity contribution in [1.82, 2.24) is 14.7 Å². The molecule has 1 atom stereocenters. The van der Waals surface area contributed by atoms with Gasteiger partial charge in [0.05, 0.1) is 11.1 Å². The summed E-state index contributed by atoms with van der Waals surface area (Å²) in [6, 6.07) is 1.94. The lowest BCUT2D eigenvalue weighted by Gasteiger charge is -2.21. The van der Waals surface area contributed by atoms with E-state index in [-0.39, 0.29) is 5.78 Å². The molecule has 1 saturated carbocycles. The van der Waals surface area contributed by atoms with Gasteiger partial charge in [0, 0.05) is 39.1 Å². The van der Waals surface area contributed by atoms with Crippen molar-refractivity contribution in [1.29, 1.82) is 0 Å². The van der Waals surface area contributed by atoms with Crippen LogP contribution >= 0.6 is 0 Å². The lowest BCUT2D eigenvalue weighted by atomic mass is 9.83. The van der Waals surface area contributed by atoms with E-state index in [4.69, 9.17) is 0 Å². The van der Waals surface area contributed by atoms with Gasteiger partial charge in [-0.3, -0.25) is 9.48 Å². The molecule has 4 heteroatoms. The minimum atomic E-state index is -0.410. The highest BCUT2D eigenvalue weighted by molar-refractivity contribution is 6.05. The van der Waals surface area contributed by atoms with Gasteiger partial charge in [-0.15, -0.1) is 0 Å². The number of ketones is 1. The van der Waals surface area contributed by atoms with Crippen molar-refractivity contribution in [2.45, 2.75) is 25.2 Å². The number of allylic oxidation sites excluding steroid dienone is 1. The third-order valence-corrected chi connectivity index (χ3v) is 3.49. The maximum absolute atomic E-state index is 12.5. The minimum Gasteiger partial charge on any atom is -0.383 e. The van der Waals surface area contributed by atoms with Crippen molar-refractivity contribution >= 4 is 5.78 Å². The number of hydrogen-bond acceptors (Lipinski definition) is 3. The summed E-state index contributed by atoms with van der Waals surface area (Å²) < 4.78 is 1.80. The topological polar surface area (TPSA) is 38.1 Å². The fourth-order valence-corrected chi connectivity index (χ4v) is 2.56. The molecular weight excluding hydrogens is 214 g/mol. The van der Waals surface area contributed by atoms with Gasteiger partial charge in [0.2, 0.25) is 0 Å². The van der Waals surface area contributed by atoms with Crippen LogP contribution in [0.4, 0.5) is 0 Å². The van der Waals surface area contributed by atoms with E-state index in [9.17, 15) is 4.79 Å². The molecule has 0 saturated heterocycles. The summed E-state index contributed by atoms with van der Waals surface area (Å²) in [5.41, 5.74) is 1.51. The molecule has 0 radical (unpaired) electrons. The van der Waals surface area contributed by atoms with Crippen LogP contribution in [0.3, 0.4) is 0 Å². The Kier molecular flexibility index (Phi) is 2.81. The lowest BCUT2D eigenvalue weighted by molar-refractivity contribution is -0.119. The fraction of sp³-hybridized carbons (Fsp3) is 0.538. The summed E-state index contributed by atoms with van der Waals surface area (Å²) in [6.07, 6.45) is 5.40. The molecule has 4 nitrogen and oxygen atoms in total. The summed E-state index contributed by atoms with van der Waals surface area (Å²) in [5, 5.41) is 4.16. The van der Waals surface area contributed by atoms with E-state index < -0.39 is 5.41 Å². The van der Waals surface area contributed by atoms with E-state index in [0.29, 0.717) is 0 Å². The van der Waals surface area contributed by atoms with Crippen molar-refractivity contribution in [3.05, 3.63) is 29.7 Å². The van der Waals surface area contributed by atoms with E-state index in [1.807, 2.05) is 45.2 Å². The van der Waals surface area contributed by atoms with Crippen LogP contribution in [-0.4, -0.2) is 34.6 Å². The Hall–Kier alpha value is -1.58. The average Bonchev–Trinajstić information content (AvgIpc) is 2.78. The van der Waals surface area contributed by atoms with Crippen LogP contribution < -0.4 is 0 Å². The zero-order valence-corrected chi connectivity index (χ0v) is 10.9. The molecule has 2 rings (SSSR count). The highest BCUT2D eigenvalue weighted by atomic mass is 16.1. The summed E-state index contributed by atoms with van der Waals surface area (Å²) in [7, 11) is 5.78. The standard InChI is InChI=1S/C13H19N3O/c1-13(11-6-8-14-16(11)4)7-5-10(12(13)17)9-15(2)3/h6,8-9H,5,7H2,1-4H3. The number of aryl methyl sites for hydroxylation is 1. The predicted octanol–water partition coefficient (Wildman–Crippen LogP) is 1.49. The van der Waals surface area contributed by atoms with E-state index in [0.717, 1.165) is 24.1 Å². The summed E-state index contributed by atoms with van der Waals surface area (Å²) >= 11 is 0. The number of carbonyl (C=O) groups is 1. The van der Waals surface area contributed by atoms with Crippen molar-refractivity contribution in [3.8, 4) is 0 Å². The third-order valence-electron chi connectivity index (χ3n) is 3.49. The van der Waals surface area contributed by atoms with Crippen molar-refractivity contribution in [2.24, 2.45) is 7.05 Å². The first kappa shape index (κ1) is 11.9. The Labute approximate surface area is 102 Å². The van der Waals surface area contributed by atoms with Gasteiger partial charge in [0.15, 0.2) is 5.78 Å². The number of rotatable bonds is 2. The zero-order chi connectivity index (χ0) is 12.6. The number of aromatic nitrogens is 2. The highest BCUT2D eigenvalue weighted by Crippen LogP contribution is 2.40. The Morgan fingerprint density at radius 2 is 2.24 bits per heavy atom. The van der Waals surface area contributed by atoms with Crippen LogP contribution in [0.15, 0.2) is 24.0 Å². The molecule has 1 aliphatic carbocycles. The molecule has 0 aromatic carbocycles. The van der Waals surface area contributed by atoms with Crippen LogP contribution in [0, 0.1) is 0 Å². The summed E-state index contributed by atoms with van der Waals surface area (Å²) in [6.45, 7) is 2.02. The monoisotopic (exact) mass is 233 g/mol. The van der Waals surface area contributed by atoms with Gasteiger partial charge in [0.1, 0.15) is 0 Å². The lowest BCUT2D eigenvalue weighted by Crippen LogP contribution is -2.30. The molecule has 0 aliphatic heterocycles. The molecule has 0 amide bonds. The van der Waals surface area contributed by atoms with Crippen LogP contribution in [-0.2, 0) is 17.3 Å². The summed E-state index contributed by atoms with van der Waals surface area (Å²) in [5.74, 6) is 0.231. The van der Waals surface area contributed by atoms with E-state index in [2.05, 4.69) is 5.10 Å². The highest BCUT2D eigenvalue weighted by Gasteiger charge is 2.44. The van der Waals surface area contributed by atoms with Crippen molar-refractivity contribution in [2.75, 3.05) is 14.1 Å². The normalized spacial score (nSPS) is 26.8. The van der Waals surface area contributed by atoms with Gasteiger partial charge in [-0.1, -0.05) is 0 Å². The smallest absolute Gasteiger partial charge is 0.172 e. The Balaban J connectivity index is 2.37. The van der Waals surface area contributed by atoms with Gasteiger partial charge in [0.25, 0.3) is 0 Å². The SMILES string of the molecule is CN(C)C=C1CCC(C)(c2ccnn2C)C1=O. The average molecular weight is 233 g/mol.